The zero-order chi connectivity index (χ0) is 19.6. The van der Waals surface area contributed by atoms with Crippen LogP contribution < -0.4 is 19.5 Å². The van der Waals surface area contributed by atoms with Crippen molar-refractivity contribution < 1.29 is 19.0 Å². The van der Waals surface area contributed by atoms with Crippen LogP contribution in [0.5, 0.6) is 17.2 Å². The van der Waals surface area contributed by atoms with Crippen molar-refractivity contribution in [2.24, 2.45) is 0 Å². The van der Waals surface area contributed by atoms with Crippen molar-refractivity contribution >= 4 is 27.5 Å². The zero-order valence-electron chi connectivity index (χ0n) is 16.0. The summed E-state index contributed by atoms with van der Waals surface area (Å²) in [5.41, 5.74) is 1.90. The largest absolute Gasteiger partial charge is 0.486 e. The standard InChI is InChI=1S/C21H24BrNO4/c1-13(27-15-7-5-14(6-8-15)21(2,3)4)20(24)23-17-12-19-18(11-16(17)22)25-9-10-26-19/h5-8,11-13H,9-10H2,1-4H3,(H,23,24). The lowest BCUT2D eigenvalue weighted by Crippen LogP contribution is -2.30. The Morgan fingerprint density at radius 3 is 2.30 bits per heavy atom. The predicted octanol–water partition coefficient (Wildman–Crippen LogP) is 4.92. The van der Waals surface area contributed by atoms with Gasteiger partial charge in [0.2, 0.25) is 0 Å². The lowest BCUT2D eigenvalue weighted by molar-refractivity contribution is -0.122. The van der Waals surface area contributed by atoms with Crippen LogP contribution in [0.15, 0.2) is 40.9 Å². The van der Waals surface area contributed by atoms with Crippen LogP contribution in [0.3, 0.4) is 0 Å². The average molecular weight is 434 g/mol. The molecule has 0 bridgehead atoms. The monoisotopic (exact) mass is 433 g/mol. The number of anilines is 1. The summed E-state index contributed by atoms with van der Waals surface area (Å²) in [5.74, 6) is 1.69. The van der Waals surface area contributed by atoms with Gasteiger partial charge >= 0.3 is 0 Å². The first-order chi connectivity index (χ1) is 12.7. The molecule has 1 aliphatic heterocycles. The van der Waals surface area contributed by atoms with Gasteiger partial charge in [0.15, 0.2) is 17.6 Å². The number of rotatable bonds is 4. The topological polar surface area (TPSA) is 56.8 Å². The van der Waals surface area contributed by atoms with Crippen molar-refractivity contribution in [3.8, 4) is 17.2 Å². The third-order valence-corrected chi connectivity index (χ3v) is 4.95. The summed E-state index contributed by atoms with van der Waals surface area (Å²) in [7, 11) is 0. The van der Waals surface area contributed by atoms with E-state index in [4.69, 9.17) is 14.2 Å². The molecule has 0 saturated carbocycles. The first kappa shape index (κ1) is 19.5. The van der Waals surface area contributed by atoms with E-state index in [1.165, 1.54) is 5.56 Å². The number of nitrogens with one attached hydrogen (secondary N) is 1. The maximum atomic E-state index is 12.5. The third kappa shape index (κ3) is 4.75. The molecule has 1 amide bonds. The van der Waals surface area contributed by atoms with Crippen molar-refractivity contribution in [1.82, 2.24) is 0 Å². The van der Waals surface area contributed by atoms with Crippen LogP contribution in [0.1, 0.15) is 33.3 Å². The van der Waals surface area contributed by atoms with Gasteiger partial charge in [0.25, 0.3) is 5.91 Å². The quantitative estimate of drug-likeness (QED) is 0.742. The molecule has 5 nitrogen and oxygen atoms in total. The third-order valence-electron chi connectivity index (χ3n) is 4.29. The van der Waals surface area contributed by atoms with Gasteiger partial charge < -0.3 is 19.5 Å². The molecule has 0 saturated heterocycles. The molecule has 1 heterocycles. The number of ether oxygens (including phenoxy) is 3. The lowest BCUT2D eigenvalue weighted by atomic mass is 9.87. The normalized spacial score (nSPS) is 14.4. The molecule has 3 rings (SSSR count). The zero-order valence-corrected chi connectivity index (χ0v) is 17.6. The van der Waals surface area contributed by atoms with E-state index in [0.717, 1.165) is 4.47 Å². The highest BCUT2D eigenvalue weighted by atomic mass is 79.9. The Morgan fingerprint density at radius 1 is 1.11 bits per heavy atom. The van der Waals surface area contributed by atoms with Crippen LogP contribution in [-0.2, 0) is 10.2 Å². The molecule has 1 atom stereocenters. The Labute approximate surface area is 168 Å². The summed E-state index contributed by atoms with van der Waals surface area (Å²) in [6, 6.07) is 11.4. The van der Waals surface area contributed by atoms with Gasteiger partial charge in [-0.3, -0.25) is 4.79 Å². The van der Waals surface area contributed by atoms with Gasteiger partial charge in [0.1, 0.15) is 19.0 Å². The molecule has 1 aliphatic rings. The number of fused-ring (bicyclic) bond motifs is 1. The summed E-state index contributed by atoms with van der Waals surface area (Å²) in [5, 5.41) is 2.87. The van der Waals surface area contributed by atoms with Gasteiger partial charge in [-0.05, 0) is 46.0 Å². The molecule has 0 radical (unpaired) electrons. The highest BCUT2D eigenvalue weighted by Gasteiger charge is 2.20. The number of halogens is 1. The van der Waals surface area contributed by atoms with E-state index in [0.29, 0.717) is 36.1 Å². The van der Waals surface area contributed by atoms with Crippen molar-refractivity contribution in [1.29, 1.82) is 0 Å². The fourth-order valence-electron chi connectivity index (χ4n) is 2.69. The highest BCUT2D eigenvalue weighted by Crippen LogP contribution is 2.38. The van der Waals surface area contributed by atoms with Gasteiger partial charge in [-0.25, -0.2) is 0 Å². The van der Waals surface area contributed by atoms with Crippen molar-refractivity contribution in [3.05, 3.63) is 46.4 Å². The summed E-state index contributed by atoms with van der Waals surface area (Å²) in [6.07, 6.45) is -0.648. The molecular weight excluding hydrogens is 410 g/mol. The summed E-state index contributed by atoms with van der Waals surface area (Å²) in [6.45, 7) is 9.20. The average Bonchev–Trinajstić information content (AvgIpc) is 2.62. The van der Waals surface area contributed by atoms with Crippen molar-refractivity contribution in [2.45, 2.75) is 39.2 Å². The summed E-state index contributed by atoms with van der Waals surface area (Å²) >= 11 is 3.46. The molecule has 1 unspecified atom stereocenters. The van der Waals surface area contributed by atoms with Crippen LogP contribution in [0.2, 0.25) is 0 Å². The van der Waals surface area contributed by atoms with Crippen LogP contribution >= 0.6 is 15.9 Å². The maximum Gasteiger partial charge on any atom is 0.265 e. The first-order valence-corrected chi connectivity index (χ1v) is 9.70. The minimum Gasteiger partial charge on any atom is -0.486 e. The molecule has 1 N–H and O–H groups in total. The van der Waals surface area contributed by atoms with Crippen molar-refractivity contribution in [3.63, 3.8) is 0 Å². The van der Waals surface area contributed by atoms with E-state index < -0.39 is 6.10 Å². The Kier molecular flexibility index (Phi) is 5.65. The molecular formula is C21H24BrNO4. The van der Waals surface area contributed by atoms with Gasteiger partial charge in [0, 0.05) is 16.6 Å². The van der Waals surface area contributed by atoms with Gasteiger partial charge in [-0.1, -0.05) is 32.9 Å². The maximum absolute atomic E-state index is 12.5. The molecule has 27 heavy (non-hydrogen) atoms. The number of carbonyl (C=O) groups is 1. The van der Waals surface area contributed by atoms with E-state index in [9.17, 15) is 4.79 Å². The van der Waals surface area contributed by atoms with E-state index in [-0.39, 0.29) is 11.3 Å². The van der Waals surface area contributed by atoms with Crippen molar-refractivity contribution in [2.75, 3.05) is 18.5 Å². The molecule has 0 spiro atoms. The molecule has 2 aromatic rings. The number of hydrogen-bond donors (Lipinski definition) is 1. The second kappa shape index (κ2) is 7.80. The Bertz CT molecular complexity index is 827. The number of hydrogen-bond acceptors (Lipinski definition) is 4. The molecule has 2 aromatic carbocycles. The van der Waals surface area contributed by atoms with E-state index in [1.54, 1.807) is 19.1 Å². The summed E-state index contributed by atoms with van der Waals surface area (Å²) in [4.78, 5) is 12.5. The minimum absolute atomic E-state index is 0.0754. The second-order valence-corrected chi connectivity index (χ2v) is 8.35. The highest BCUT2D eigenvalue weighted by molar-refractivity contribution is 9.10. The molecule has 0 aliphatic carbocycles. The number of benzene rings is 2. The minimum atomic E-state index is -0.648. The van der Waals surface area contributed by atoms with Crippen LogP contribution in [-0.4, -0.2) is 25.2 Å². The van der Waals surface area contributed by atoms with E-state index >= 15 is 0 Å². The molecule has 0 fully saturated rings. The SMILES string of the molecule is CC(Oc1ccc(C(C)(C)C)cc1)C(=O)Nc1cc2c(cc1Br)OCCO2. The van der Waals surface area contributed by atoms with Gasteiger partial charge in [-0.15, -0.1) is 0 Å². The van der Waals surface area contributed by atoms with Crippen LogP contribution in [0.25, 0.3) is 0 Å². The lowest BCUT2D eigenvalue weighted by Gasteiger charge is -2.21. The molecule has 144 valence electrons. The Balaban J connectivity index is 1.66. The first-order valence-electron chi connectivity index (χ1n) is 8.91. The van der Waals surface area contributed by atoms with E-state index in [1.807, 2.05) is 24.3 Å². The van der Waals surface area contributed by atoms with Crippen LogP contribution in [0.4, 0.5) is 5.69 Å². The number of amides is 1. The molecule has 6 heteroatoms. The predicted molar refractivity (Wildman–Crippen MR) is 109 cm³/mol. The fourth-order valence-corrected chi connectivity index (χ4v) is 3.11. The number of carbonyl (C=O) groups excluding carboxylic acids is 1. The smallest absolute Gasteiger partial charge is 0.265 e. The summed E-state index contributed by atoms with van der Waals surface area (Å²) < 4.78 is 17.6. The second-order valence-electron chi connectivity index (χ2n) is 7.50. The van der Waals surface area contributed by atoms with E-state index in [2.05, 4.69) is 42.0 Å². The Hall–Kier alpha value is -2.21. The van der Waals surface area contributed by atoms with Gasteiger partial charge in [0.05, 0.1) is 5.69 Å². The van der Waals surface area contributed by atoms with Crippen LogP contribution in [0, 0.1) is 0 Å². The Morgan fingerprint density at radius 2 is 1.70 bits per heavy atom. The van der Waals surface area contributed by atoms with Gasteiger partial charge in [-0.2, -0.15) is 0 Å². The fraction of sp³-hybridized carbons (Fsp3) is 0.381. The molecule has 0 aromatic heterocycles.